The highest BCUT2D eigenvalue weighted by Gasteiger charge is 2.40. The van der Waals surface area contributed by atoms with Gasteiger partial charge in [-0.05, 0) is 19.3 Å². The largest absolute Gasteiger partial charge is 0.375 e. The third kappa shape index (κ3) is 4.72. The summed E-state index contributed by atoms with van der Waals surface area (Å²) < 4.78 is 11.6. The number of hydrogen-bond donors (Lipinski definition) is 0. The Labute approximate surface area is 108 Å². The van der Waals surface area contributed by atoms with Crippen molar-refractivity contribution in [3.63, 3.8) is 0 Å². The number of unbranched alkanes of at least 4 members (excludes halogenated alkanes) is 3. The standard InChI is InChI=1S/C13H25BrO2/c1-3-5-6-7-9-15-12-10-11(14)13(12)16-8-4-2/h11-13H,3-10H2,1-2H3. The summed E-state index contributed by atoms with van der Waals surface area (Å²) in [5, 5.41) is 0. The van der Waals surface area contributed by atoms with E-state index in [1.807, 2.05) is 0 Å². The molecule has 3 atom stereocenters. The van der Waals surface area contributed by atoms with E-state index in [-0.39, 0.29) is 6.10 Å². The predicted octanol–water partition coefficient (Wildman–Crippen LogP) is 3.91. The molecule has 16 heavy (non-hydrogen) atoms. The van der Waals surface area contributed by atoms with Crippen LogP contribution >= 0.6 is 15.9 Å². The molecule has 3 heteroatoms. The molecule has 0 aromatic heterocycles. The summed E-state index contributed by atoms with van der Waals surface area (Å²) in [5.74, 6) is 0. The third-order valence-corrected chi connectivity index (χ3v) is 3.92. The van der Waals surface area contributed by atoms with Crippen LogP contribution in [0.1, 0.15) is 52.4 Å². The molecule has 1 aliphatic rings. The van der Waals surface area contributed by atoms with Crippen LogP contribution in [0.4, 0.5) is 0 Å². The Morgan fingerprint density at radius 2 is 1.81 bits per heavy atom. The SMILES string of the molecule is CCCCCCOC1CC(Br)C1OCCC. The normalized spacial score (nSPS) is 29.1. The van der Waals surface area contributed by atoms with Gasteiger partial charge in [0.15, 0.2) is 0 Å². The maximum absolute atomic E-state index is 5.85. The molecule has 0 heterocycles. The van der Waals surface area contributed by atoms with Gasteiger partial charge in [0.1, 0.15) is 0 Å². The summed E-state index contributed by atoms with van der Waals surface area (Å²) in [7, 11) is 0. The summed E-state index contributed by atoms with van der Waals surface area (Å²) in [6.45, 7) is 6.12. The quantitative estimate of drug-likeness (QED) is 0.474. The van der Waals surface area contributed by atoms with Crippen LogP contribution in [0.3, 0.4) is 0 Å². The summed E-state index contributed by atoms with van der Waals surface area (Å²) >= 11 is 3.63. The first-order valence-corrected chi connectivity index (χ1v) is 7.58. The number of hydrogen-bond acceptors (Lipinski definition) is 2. The molecule has 0 radical (unpaired) electrons. The molecule has 0 aromatic rings. The van der Waals surface area contributed by atoms with E-state index in [2.05, 4.69) is 29.8 Å². The van der Waals surface area contributed by atoms with Gasteiger partial charge in [0.05, 0.1) is 12.2 Å². The molecular formula is C13H25BrO2. The van der Waals surface area contributed by atoms with E-state index >= 15 is 0 Å². The number of rotatable bonds is 9. The lowest BCUT2D eigenvalue weighted by Gasteiger charge is -2.40. The lowest BCUT2D eigenvalue weighted by molar-refractivity contribution is -0.121. The van der Waals surface area contributed by atoms with Crippen LogP contribution in [0.25, 0.3) is 0 Å². The summed E-state index contributed by atoms with van der Waals surface area (Å²) in [6.07, 6.45) is 7.89. The van der Waals surface area contributed by atoms with E-state index in [1.165, 1.54) is 25.7 Å². The number of alkyl halides is 1. The highest BCUT2D eigenvalue weighted by atomic mass is 79.9. The molecule has 1 aliphatic carbocycles. The Kier molecular flexibility index (Phi) is 7.67. The fraction of sp³-hybridized carbons (Fsp3) is 1.00. The monoisotopic (exact) mass is 292 g/mol. The average Bonchev–Trinajstić information content (AvgIpc) is 2.27. The van der Waals surface area contributed by atoms with Gasteiger partial charge in [-0.3, -0.25) is 0 Å². The second-order valence-electron chi connectivity index (χ2n) is 4.56. The molecule has 1 fully saturated rings. The van der Waals surface area contributed by atoms with Crippen LogP contribution < -0.4 is 0 Å². The van der Waals surface area contributed by atoms with Gasteiger partial charge in [0, 0.05) is 18.0 Å². The topological polar surface area (TPSA) is 18.5 Å². The van der Waals surface area contributed by atoms with E-state index in [1.54, 1.807) is 0 Å². The zero-order chi connectivity index (χ0) is 11.8. The smallest absolute Gasteiger partial charge is 0.0962 e. The highest BCUT2D eigenvalue weighted by molar-refractivity contribution is 9.09. The van der Waals surface area contributed by atoms with Crippen LogP contribution in [0.15, 0.2) is 0 Å². The Hall–Kier alpha value is 0.400. The van der Waals surface area contributed by atoms with Gasteiger partial charge in [0.25, 0.3) is 0 Å². The Morgan fingerprint density at radius 1 is 1.00 bits per heavy atom. The second-order valence-corrected chi connectivity index (χ2v) is 5.73. The van der Waals surface area contributed by atoms with E-state index in [9.17, 15) is 0 Å². The van der Waals surface area contributed by atoms with Gasteiger partial charge < -0.3 is 9.47 Å². The highest BCUT2D eigenvalue weighted by Crippen LogP contribution is 2.33. The number of ether oxygens (including phenoxy) is 2. The molecular weight excluding hydrogens is 268 g/mol. The fourth-order valence-electron chi connectivity index (χ4n) is 1.92. The third-order valence-electron chi connectivity index (χ3n) is 3.02. The molecule has 3 unspecified atom stereocenters. The van der Waals surface area contributed by atoms with Crippen molar-refractivity contribution in [2.45, 2.75) is 69.4 Å². The summed E-state index contributed by atoms with van der Waals surface area (Å²) in [4.78, 5) is 0.500. The Morgan fingerprint density at radius 3 is 2.44 bits per heavy atom. The maximum Gasteiger partial charge on any atom is 0.0962 e. The molecule has 96 valence electrons. The van der Waals surface area contributed by atoms with E-state index in [0.29, 0.717) is 10.9 Å². The van der Waals surface area contributed by atoms with Gasteiger partial charge in [-0.1, -0.05) is 49.0 Å². The van der Waals surface area contributed by atoms with Gasteiger partial charge in [-0.15, -0.1) is 0 Å². The van der Waals surface area contributed by atoms with Crippen LogP contribution in [0.5, 0.6) is 0 Å². The lowest BCUT2D eigenvalue weighted by Crippen LogP contribution is -2.50. The first kappa shape index (κ1) is 14.5. The zero-order valence-electron chi connectivity index (χ0n) is 10.6. The molecule has 1 saturated carbocycles. The van der Waals surface area contributed by atoms with E-state index < -0.39 is 0 Å². The Balaban J connectivity index is 2.03. The maximum atomic E-state index is 5.85. The minimum Gasteiger partial charge on any atom is -0.375 e. The first-order valence-electron chi connectivity index (χ1n) is 6.66. The van der Waals surface area contributed by atoms with E-state index in [4.69, 9.17) is 9.47 Å². The minimum absolute atomic E-state index is 0.283. The molecule has 0 N–H and O–H groups in total. The van der Waals surface area contributed by atoms with Gasteiger partial charge in [0.2, 0.25) is 0 Å². The summed E-state index contributed by atoms with van der Waals surface area (Å²) in [6, 6.07) is 0. The lowest BCUT2D eigenvalue weighted by atomic mass is 9.91. The molecule has 0 saturated heterocycles. The van der Waals surface area contributed by atoms with Gasteiger partial charge in [-0.25, -0.2) is 0 Å². The molecule has 0 aromatic carbocycles. The molecule has 1 rings (SSSR count). The van der Waals surface area contributed by atoms with Crippen molar-refractivity contribution in [2.75, 3.05) is 13.2 Å². The Bertz CT molecular complexity index is 175. The minimum atomic E-state index is 0.283. The van der Waals surface area contributed by atoms with Crippen molar-refractivity contribution in [2.24, 2.45) is 0 Å². The molecule has 0 aliphatic heterocycles. The van der Waals surface area contributed by atoms with Gasteiger partial charge >= 0.3 is 0 Å². The van der Waals surface area contributed by atoms with Crippen molar-refractivity contribution in [3.05, 3.63) is 0 Å². The molecule has 2 nitrogen and oxygen atoms in total. The fourth-order valence-corrected chi connectivity index (χ4v) is 2.78. The molecule has 0 spiro atoms. The molecule has 0 bridgehead atoms. The van der Waals surface area contributed by atoms with Crippen LogP contribution in [0, 0.1) is 0 Å². The summed E-state index contributed by atoms with van der Waals surface area (Å²) in [5.41, 5.74) is 0. The van der Waals surface area contributed by atoms with Crippen molar-refractivity contribution >= 4 is 15.9 Å². The van der Waals surface area contributed by atoms with Gasteiger partial charge in [-0.2, -0.15) is 0 Å². The average molecular weight is 293 g/mol. The zero-order valence-corrected chi connectivity index (χ0v) is 12.2. The predicted molar refractivity (Wildman–Crippen MR) is 71.2 cm³/mol. The second kappa shape index (κ2) is 8.48. The number of halogens is 1. The van der Waals surface area contributed by atoms with E-state index in [0.717, 1.165) is 26.1 Å². The van der Waals surface area contributed by atoms with Crippen LogP contribution in [-0.2, 0) is 9.47 Å². The first-order chi connectivity index (χ1) is 7.79. The van der Waals surface area contributed by atoms with Crippen LogP contribution in [0.2, 0.25) is 0 Å². The molecule has 0 amide bonds. The van der Waals surface area contributed by atoms with Crippen molar-refractivity contribution < 1.29 is 9.47 Å². The van der Waals surface area contributed by atoms with Crippen LogP contribution in [-0.4, -0.2) is 30.2 Å². The van der Waals surface area contributed by atoms with Crippen molar-refractivity contribution in [1.29, 1.82) is 0 Å². The van der Waals surface area contributed by atoms with Crippen molar-refractivity contribution in [1.82, 2.24) is 0 Å². The van der Waals surface area contributed by atoms with Crippen molar-refractivity contribution in [3.8, 4) is 0 Å².